The second kappa shape index (κ2) is 6.21. The van der Waals surface area contributed by atoms with Crippen molar-refractivity contribution < 1.29 is 4.79 Å². The van der Waals surface area contributed by atoms with Crippen molar-refractivity contribution in [3.8, 4) is 0 Å². The van der Waals surface area contributed by atoms with Gasteiger partial charge in [0.05, 0.1) is 12.7 Å². The molecule has 1 heterocycles. The van der Waals surface area contributed by atoms with Crippen LogP contribution in [0.2, 0.25) is 0 Å². The second-order valence-corrected chi connectivity index (χ2v) is 5.04. The number of carbonyl (C=O) groups is 1. The van der Waals surface area contributed by atoms with E-state index in [4.69, 9.17) is 0 Å². The van der Waals surface area contributed by atoms with Gasteiger partial charge in [-0.05, 0) is 25.9 Å². The van der Waals surface area contributed by atoms with E-state index in [0.717, 1.165) is 26.1 Å². The molecule has 1 rings (SSSR count). The Morgan fingerprint density at radius 3 is 2.81 bits per heavy atom. The molecular formula is C12H25N3O. The molecular weight excluding hydrogens is 202 g/mol. The van der Waals surface area contributed by atoms with Gasteiger partial charge in [-0.15, -0.1) is 0 Å². The Hall–Kier alpha value is -0.610. The van der Waals surface area contributed by atoms with Gasteiger partial charge in [-0.2, -0.15) is 0 Å². The molecule has 4 heteroatoms. The number of carbonyl (C=O) groups excluding carboxylic acids is 1. The number of nitrogens with zero attached hydrogens (tertiary/aromatic N) is 2. The maximum absolute atomic E-state index is 12.0. The molecule has 1 N–H and O–H groups in total. The molecule has 16 heavy (non-hydrogen) atoms. The summed E-state index contributed by atoms with van der Waals surface area (Å²) in [5.41, 5.74) is 0. The van der Waals surface area contributed by atoms with Crippen molar-refractivity contribution in [2.45, 2.75) is 33.2 Å². The average Bonchev–Trinajstić information content (AvgIpc) is 2.56. The van der Waals surface area contributed by atoms with Gasteiger partial charge in [-0.1, -0.05) is 20.8 Å². The number of likely N-dealkylation sites (N-methyl/N-ethyl adjacent to an activating group) is 1. The zero-order chi connectivity index (χ0) is 12.1. The van der Waals surface area contributed by atoms with Gasteiger partial charge >= 0.3 is 0 Å². The van der Waals surface area contributed by atoms with Crippen LogP contribution in [0, 0.1) is 5.92 Å². The van der Waals surface area contributed by atoms with E-state index in [9.17, 15) is 4.79 Å². The highest BCUT2D eigenvalue weighted by atomic mass is 16.2. The molecule has 0 radical (unpaired) electrons. The summed E-state index contributed by atoms with van der Waals surface area (Å²) in [4.78, 5) is 16.1. The lowest BCUT2D eigenvalue weighted by Gasteiger charge is -2.20. The zero-order valence-corrected chi connectivity index (χ0v) is 11.0. The van der Waals surface area contributed by atoms with Gasteiger partial charge in [0.15, 0.2) is 0 Å². The Kier molecular flexibility index (Phi) is 5.22. The largest absolute Gasteiger partial charge is 0.327 e. The standard InChI is InChI=1S/C12H25N3O/c1-5-14(4)6-7-15-9-13-11(12(15)16)8-10(2)3/h10-11,13H,5-9H2,1-4H3. The molecule has 1 aliphatic heterocycles. The minimum atomic E-state index is 0.0481. The summed E-state index contributed by atoms with van der Waals surface area (Å²) in [5.74, 6) is 0.845. The van der Waals surface area contributed by atoms with Crippen molar-refractivity contribution in [2.24, 2.45) is 5.92 Å². The van der Waals surface area contributed by atoms with Crippen LogP contribution >= 0.6 is 0 Å². The summed E-state index contributed by atoms with van der Waals surface area (Å²) in [6.45, 7) is 9.98. The highest BCUT2D eigenvalue weighted by Gasteiger charge is 2.30. The highest BCUT2D eigenvalue weighted by Crippen LogP contribution is 2.12. The van der Waals surface area contributed by atoms with Crippen LogP contribution in [0.15, 0.2) is 0 Å². The third-order valence-electron chi connectivity index (χ3n) is 3.14. The lowest BCUT2D eigenvalue weighted by Crippen LogP contribution is -2.36. The molecule has 94 valence electrons. The Morgan fingerprint density at radius 1 is 1.56 bits per heavy atom. The fraction of sp³-hybridized carbons (Fsp3) is 0.917. The summed E-state index contributed by atoms with van der Waals surface area (Å²) in [7, 11) is 2.08. The number of hydrogen-bond acceptors (Lipinski definition) is 3. The monoisotopic (exact) mass is 227 g/mol. The van der Waals surface area contributed by atoms with Crippen molar-refractivity contribution in [3.63, 3.8) is 0 Å². The van der Waals surface area contributed by atoms with E-state index in [1.807, 2.05) is 4.90 Å². The minimum Gasteiger partial charge on any atom is -0.327 e. The first-order valence-electron chi connectivity index (χ1n) is 6.25. The molecule has 1 atom stereocenters. The predicted octanol–water partition coefficient (Wildman–Crippen LogP) is 0.742. The van der Waals surface area contributed by atoms with Crippen molar-refractivity contribution in [1.29, 1.82) is 0 Å². The van der Waals surface area contributed by atoms with Crippen LogP contribution in [0.5, 0.6) is 0 Å². The summed E-state index contributed by atoms with van der Waals surface area (Å²) in [6, 6.07) is 0.0481. The van der Waals surface area contributed by atoms with Gasteiger partial charge in [-0.25, -0.2) is 0 Å². The molecule has 0 aromatic rings. The van der Waals surface area contributed by atoms with Crippen LogP contribution in [0.25, 0.3) is 0 Å². The molecule has 1 amide bonds. The zero-order valence-electron chi connectivity index (χ0n) is 11.0. The molecule has 0 saturated carbocycles. The van der Waals surface area contributed by atoms with E-state index in [-0.39, 0.29) is 11.9 Å². The Labute approximate surface area is 99.0 Å². The third kappa shape index (κ3) is 3.76. The lowest BCUT2D eigenvalue weighted by atomic mass is 10.0. The molecule has 0 bridgehead atoms. The summed E-state index contributed by atoms with van der Waals surface area (Å²) in [6.07, 6.45) is 0.943. The van der Waals surface area contributed by atoms with Crippen molar-refractivity contribution in [1.82, 2.24) is 15.1 Å². The van der Waals surface area contributed by atoms with Gasteiger partial charge in [0.25, 0.3) is 0 Å². The van der Waals surface area contributed by atoms with Crippen LogP contribution in [0.1, 0.15) is 27.2 Å². The van der Waals surface area contributed by atoms with Crippen LogP contribution < -0.4 is 5.32 Å². The molecule has 1 aliphatic rings. The molecule has 0 aromatic carbocycles. The first kappa shape index (κ1) is 13.5. The van der Waals surface area contributed by atoms with E-state index >= 15 is 0 Å². The maximum Gasteiger partial charge on any atom is 0.240 e. The van der Waals surface area contributed by atoms with Gasteiger partial charge in [0.2, 0.25) is 5.91 Å². The van der Waals surface area contributed by atoms with Gasteiger partial charge < -0.3 is 9.80 Å². The number of nitrogens with one attached hydrogen (secondary N) is 1. The Balaban J connectivity index is 2.33. The molecule has 4 nitrogen and oxygen atoms in total. The Bertz CT molecular complexity index is 230. The highest BCUT2D eigenvalue weighted by molar-refractivity contribution is 5.83. The van der Waals surface area contributed by atoms with E-state index in [1.54, 1.807) is 0 Å². The number of hydrogen-bond donors (Lipinski definition) is 1. The predicted molar refractivity (Wildman–Crippen MR) is 66.1 cm³/mol. The van der Waals surface area contributed by atoms with Crippen LogP contribution in [-0.2, 0) is 4.79 Å². The lowest BCUT2D eigenvalue weighted by molar-refractivity contribution is -0.129. The second-order valence-electron chi connectivity index (χ2n) is 5.04. The maximum atomic E-state index is 12.0. The number of rotatable bonds is 6. The smallest absolute Gasteiger partial charge is 0.240 e. The van der Waals surface area contributed by atoms with Crippen molar-refractivity contribution in [3.05, 3.63) is 0 Å². The summed E-state index contributed by atoms with van der Waals surface area (Å²) in [5, 5.41) is 3.29. The summed E-state index contributed by atoms with van der Waals surface area (Å²) >= 11 is 0. The van der Waals surface area contributed by atoms with Gasteiger partial charge in [-0.3, -0.25) is 10.1 Å². The van der Waals surface area contributed by atoms with E-state index in [1.165, 1.54) is 0 Å². The molecule has 0 spiro atoms. The van der Waals surface area contributed by atoms with Crippen LogP contribution in [-0.4, -0.2) is 55.1 Å². The van der Waals surface area contributed by atoms with E-state index in [0.29, 0.717) is 12.6 Å². The van der Waals surface area contributed by atoms with Crippen molar-refractivity contribution >= 4 is 5.91 Å². The molecule has 0 aromatic heterocycles. The molecule has 1 unspecified atom stereocenters. The Morgan fingerprint density at radius 2 is 2.25 bits per heavy atom. The quantitative estimate of drug-likeness (QED) is 0.727. The molecule has 1 saturated heterocycles. The minimum absolute atomic E-state index is 0.0481. The number of amides is 1. The normalized spacial score (nSPS) is 21.5. The third-order valence-corrected chi connectivity index (χ3v) is 3.14. The van der Waals surface area contributed by atoms with Gasteiger partial charge in [0.1, 0.15) is 0 Å². The topological polar surface area (TPSA) is 35.6 Å². The molecule has 0 aliphatic carbocycles. The SMILES string of the molecule is CCN(C)CCN1CNC(CC(C)C)C1=O. The van der Waals surface area contributed by atoms with Gasteiger partial charge in [0, 0.05) is 13.1 Å². The molecule has 1 fully saturated rings. The van der Waals surface area contributed by atoms with Crippen molar-refractivity contribution in [2.75, 3.05) is 33.4 Å². The fourth-order valence-corrected chi connectivity index (χ4v) is 1.90. The van der Waals surface area contributed by atoms with Crippen LogP contribution in [0.3, 0.4) is 0 Å². The first-order chi connectivity index (χ1) is 7.54. The van der Waals surface area contributed by atoms with E-state index in [2.05, 4.69) is 38.0 Å². The fourth-order valence-electron chi connectivity index (χ4n) is 1.90. The average molecular weight is 227 g/mol. The summed E-state index contributed by atoms with van der Waals surface area (Å²) < 4.78 is 0. The first-order valence-corrected chi connectivity index (χ1v) is 6.25. The van der Waals surface area contributed by atoms with E-state index < -0.39 is 0 Å². The van der Waals surface area contributed by atoms with Crippen LogP contribution in [0.4, 0.5) is 0 Å².